The van der Waals surface area contributed by atoms with E-state index in [0.29, 0.717) is 19.4 Å². The number of terminal acetylenes is 1. The Morgan fingerprint density at radius 3 is 2.35 bits per heavy atom. The van der Waals surface area contributed by atoms with Crippen LogP contribution in [0.3, 0.4) is 0 Å². The largest absolute Gasteiger partial charge is 0.388 e. The van der Waals surface area contributed by atoms with Crippen molar-refractivity contribution in [2.24, 2.45) is 0 Å². The number of rotatable bonds is 10. The number of benzene rings is 1. The first-order chi connectivity index (χ1) is 15.9. The number of unbranched alkanes of at least 4 members (excludes halogenated alkanes) is 2. The molecule has 34 heavy (non-hydrogen) atoms. The minimum atomic E-state index is -4.51. The Balaban J connectivity index is 2.05. The van der Waals surface area contributed by atoms with Crippen molar-refractivity contribution in [3.05, 3.63) is 29.8 Å². The minimum Gasteiger partial charge on any atom is -0.388 e. The van der Waals surface area contributed by atoms with Gasteiger partial charge in [-0.05, 0) is 31.4 Å². The summed E-state index contributed by atoms with van der Waals surface area (Å²) in [5.74, 6) is -1.36. The van der Waals surface area contributed by atoms with Crippen LogP contribution >= 0.6 is 7.60 Å². The summed E-state index contributed by atoms with van der Waals surface area (Å²) in [6, 6.07) is 3.90. The molecule has 0 aromatic heterocycles. The van der Waals surface area contributed by atoms with E-state index in [-0.39, 0.29) is 5.69 Å². The Kier molecular flexibility index (Phi) is 9.96. The molecule has 1 aromatic rings. The summed E-state index contributed by atoms with van der Waals surface area (Å²) in [5.41, 5.74) is -0.380. The first-order valence-corrected chi connectivity index (χ1v) is 12.4. The van der Waals surface area contributed by atoms with Gasteiger partial charge < -0.3 is 40.5 Å². The molecule has 190 valence electrons. The van der Waals surface area contributed by atoms with E-state index in [0.717, 1.165) is 18.6 Å². The van der Waals surface area contributed by atoms with Crippen molar-refractivity contribution in [1.29, 1.82) is 0 Å². The van der Waals surface area contributed by atoms with Gasteiger partial charge in [0.05, 0.1) is 12.3 Å². The molecule has 2 amide bonds. The number of carbonyl (C=O) groups is 1. The molecule has 0 spiro atoms. The van der Waals surface area contributed by atoms with E-state index in [1.54, 1.807) is 0 Å². The average Bonchev–Trinajstić information content (AvgIpc) is 2.76. The maximum atomic E-state index is 15.2. The van der Waals surface area contributed by atoms with Crippen molar-refractivity contribution in [1.82, 2.24) is 5.32 Å². The fourth-order valence-electron chi connectivity index (χ4n) is 3.45. The number of anilines is 1. The quantitative estimate of drug-likeness (QED) is 0.141. The summed E-state index contributed by atoms with van der Waals surface area (Å²) in [4.78, 5) is 29.9. The smallest absolute Gasteiger partial charge is 0.325 e. The fourth-order valence-corrected chi connectivity index (χ4v) is 4.04. The number of carbonyl (C=O) groups excluding carboxylic acids is 1. The van der Waals surface area contributed by atoms with Crippen LogP contribution in [0.5, 0.6) is 0 Å². The summed E-state index contributed by atoms with van der Waals surface area (Å²) < 4.78 is 46.5. The van der Waals surface area contributed by atoms with Crippen molar-refractivity contribution < 1.29 is 48.0 Å². The second kappa shape index (κ2) is 12.0. The van der Waals surface area contributed by atoms with Gasteiger partial charge in [-0.1, -0.05) is 12.1 Å². The van der Waals surface area contributed by atoms with E-state index < -0.39 is 68.2 Å². The van der Waals surface area contributed by atoms with Crippen molar-refractivity contribution >= 4 is 19.3 Å². The summed E-state index contributed by atoms with van der Waals surface area (Å²) in [6.07, 6.45) is -3.93. The van der Waals surface area contributed by atoms with Gasteiger partial charge >= 0.3 is 19.5 Å². The van der Waals surface area contributed by atoms with Crippen LogP contribution in [-0.4, -0.2) is 74.4 Å². The zero-order valence-corrected chi connectivity index (χ0v) is 19.1. The standard InChI is InChI=1S/C21H29F2N2O8P/c1-2-3-4-5-11-24-20(29)25-14-8-6-13(7-9-14)21(22,23)19-18(28)17(27)16(26)15(33-19)10-12-34(30,31)32/h1,6-9,15-19,26-28H,3-5,10-12H2,(H2,24,25,29)(H2,30,31,32)/t15-,16-,17+,18+,19-/m1/s1. The van der Waals surface area contributed by atoms with Gasteiger partial charge in [-0.3, -0.25) is 4.57 Å². The highest BCUT2D eigenvalue weighted by molar-refractivity contribution is 7.51. The van der Waals surface area contributed by atoms with Crippen molar-refractivity contribution in [2.75, 3.05) is 18.0 Å². The van der Waals surface area contributed by atoms with Gasteiger partial charge in [0.1, 0.15) is 18.3 Å². The van der Waals surface area contributed by atoms with Gasteiger partial charge in [0, 0.05) is 24.2 Å². The molecule has 0 radical (unpaired) electrons. The number of hydrogen-bond acceptors (Lipinski definition) is 6. The molecular formula is C21H29F2N2O8P. The van der Waals surface area contributed by atoms with Crippen LogP contribution in [-0.2, 0) is 15.2 Å². The van der Waals surface area contributed by atoms with Gasteiger partial charge in [0.2, 0.25) is 0 Å². The lowest BCUT2D eigenvalue weighted by Crippen LogP contribution is -2.61. The van der Waals surface area contributed by atoms with E-state index in [2.05, 4.69) is 16.6 Å². The predicted octanol–water partition coefficient (Wildman–Crippen LogP) is 1.12. The third-order valence-electron chi connectivity index (χ3n) is 5.34. The van der Waals surface area contributed by atoms with Crippen molar-refractivity contribution in [3.8, 4) is 12.3 Å². The Morgan fingerprint density at radius 1 is 1.12 bits per heavy atom. The van der Waals surface area contributed by atoms with Crippen LogP contribution in [0.25, 0.3) is 0 Å². The third-order valence-corrected chi connectivity index (χ3v) is 6.18. The molecule has 1 aliphatic rings. The fraction of sp³-hybridized carbons (Fsp3) is 0.571. The molecule has 1 heterocycles. The molecule has 1 fully saturated rings. The second-order valence-corrected chi connectivity index (χ2v) is 9.76. The highest BCUT2D eigenvalue weighted by atomic mass is 31.2. The molecule has 1 aliphatic heterocycles. The number of halogens is 2. The molecule has 1 saturated heterocycles. The Bertz CT molecular complexity index is 905. The van der Waals surface area contributed by atoms with Crippen LogP contribution in [0.15, 0.2) is 24.3 Å². The molecule has 0 saturated carbocycles. The van der Waals surface area contributed by atoms with Crippen LogP contribution in [0.4, 0.5) is 19.3 Å². The summed E-state index contributed by atoms with van der Waals surface area (Å²) in [7, 11) is -4.51. The lowest BCUT2D eigenvalue weighted by molar-refractivity contribution is -0.279. The van der Waals surface area contributed by atoms with E-state index in [1.807, 2.05) is 0 Å². The molecule has 10 nitrogen and oxygen atoms in total. The lowest BCUT2D eigenvalue weighted by Gasteiger charge is -2.43. The highest BCUT2D eigenvalue weighted by Gasteiger charge is 2.55. The van der Waals surface area contributed by atoms with Gasteiger partial charge in [-0.2, -0.15) is 8.78 Å². The molecule has 1 aromatic carbocycles. The van der Waals surface area contributed by atoms with E-state index in [4.69, 9.17) is 20.9 Å². The molecule has 7 N–H and O–H groups in total. The second-order valence-electron chi connectivity index (χ2n) is 7.99. The van der Waals surface area contributed by atoms with Crippen LogP contribution in [0.2, 0.25) is 0 Å². The van der Waals surface area contributed by atoms with E-state index in [1.165, 1.54) is 12.1 Å². The number of amides is 2. The predicted molar refractivity (Wildman–Crippen MR) is 118 cm³/mol. The molecule has 0 bridgehead atoms. The summed E-state index contributed by atoms with van der Waals surface area (Å²) >= 11 is 0. The monoisotopic (exact) mass is 506 g/mol. The van der Waals surface area contributed by atoms with Gasteiger partial charge in [0.25, 0.3) is 0 Å². The number of ether oxygens (including phenoxy) is 1. The maximum Gasteiger partial charge on any atom is 0.325 e. The molecule has 5 atom stereocenters. The zero-order valence-electron chi connectivity index (χ0n) is 18.2. The first kappa shape index (κ1) is 28.1. The van der Waals surface area contributed by atoms with Gasteiger partial charge in [0.15, 0.2) is 6.10 Å². The molecule has 0 unspecified atom stereocenters. The van der Waals surface area contributed by atoms with E-state index >= 15 is 8.78 Å². The van der Waals surface area contributed by atoms with Crippen LogP contribution in [0.1, 0.15) is 31.2 Å². The number of hydrogen-bond donors (Lipinski definition) is 7. The number of aliphatic hydroxyl groups excluding tert-OH is 3. The maximum absolute atomic E-state index is 15.2. The first-order valence-electron chi connectivity index (χ1n) is 10.6. The topological polar surface area (TPSA) is 169 Å². The molecule has 0 aliphatic carbocycles. The minimum absolute atomic E-state index is 0.223. The Labute approximate surface area is 195 Å². The lowest BCUT2D eigenvalue weighted by atomic mass is 9.88. The molecule has 13 heteroatoms. The number of urea groups is 1. The zero-order chi connectivity index (χ0) is 25.5. The Hall–Kier alpha value is -2.10. The van der Waals surface area contributed by atoms with Crippen LogP contribution < -0.4 is 10.6 Å². The summed E-state index contributed by atoms with van der Waals surface area (Å²) in [6.45, 7) is 0.387. The van der Waals surface area contributed by atoms with E-state index in [9.17, 15) is 24.7 Å². The number of aliphatic hydroxyl groups is 3. The SMILES string of the molecule is C#CCCCCNC(=O)Nc1ccc(C(F)(F)[C@@H]2O[C@H](CCP(=O)(O)O)[C@@H](O)[C@H](O)[C@@H]2O)cc1. The normalized spacial score (nSPS) is 25.4. The van der Waals surface area contributed by atoms with Gasteiger partial charge in [-0.25, -0.2) is 4.79 Å². The van der Waals surface area contributed by atoms with Crippen molar-refractivity contribution in [3.63, 3.8) is 0 Å². The average molecular weight is 506 g/mol. The number of nitrogens with one attached hydrogen (secondary N) is 2. The molecular weight excluding hydrogens is 477 g/mol. The van der Waals surface area contributed by atoms with Gasteiger partial charge in [-0.15, -0.1) is 12.3 Å². The highest BCUT2D eigenvalue weighted by Crippen LogP contribution is 2.42. The number of alkyl halides is 2. The summed E-state index contributed by atoms with van der Waals surface area (Å²) in [5, 5.41) is 35.2. The molecule has 2 rings (SSSR count). The Morgan fingerprint density at radius 2 is 1.76 bits per heavy atom. The van der Waals surface area contributed by atoms with Crippen LogP contribution in [0, 0.1) is 12.3 Å². The third kappa shape index (κ3) is 7.71. The van der Waals surface area contributed by atoms with Crippen molar-refractivity contribution in [2.45, 2.75) is 62.1 Å².